The molecule has 2 fully saturated rings. The Labute approximate surface area is 114 Å². The molecule has 0 radical (unpaired) electrons. The van der Waals surface area contributed by atoms with E-state index in [1.165, 1.54) is 19.3 Å². The number of hydrogen-bond donors (Lipinski definition) is 1. The van der Waals surface area contributed by atoms with Crippen molar-refractivity contribution >= 4 is 5.82 Å². The van der Waals surface area contributed by atoms with Crippen molar-refractivity contribution in [2.24, 2.45) is 0 Å². The molecule has 1 aromatic heterocycles. The van der Waals surface area contributed by atoms with E-state index in [4.69, 9.17) is 4.74 Å². The van der Waals surface area contributed by atoms with Gasteiger partial charge in [0.2, 0.25) is 5.88 Å². The van der Waals surface area contributed by atoms with Crippen LogP contribution in [0, 0.1) is 6.92 Å². The van der Waals surface area contributed by atoms with Crippen LogP contribution in [0.2, 0.25) is 0 Å². The van der Waals surface area contributed by atoms with Gasteiger partial charge < -0.3 is 15.0 Å². The molecule has 2 atom stereocenters. The fourth-order valence-corrected chi connectivity index (χ4v) is 3.06. The normalized spacial score (nSPS) is 26.3. The van der Waals surface area contributed by atoms with Gasteiger partial charge in [-0.1, -0.05) is 0 Å². The lowest BCUT2D eigenvalue weighted by Gasteiger charge is -2.25. The largest absolute Gasteiger partial charge is 0.478 e. The zero-order chi connectivity index (χ0) is 13.2. The van der Waals surface area contributed by atoms with Crippen molar-refractivity contribution in [2.75, 3.05) is 24.6 Å². The summed E-state index contributed by atoms with van der Waals surface area (Å²) in [6.45, 7) is 6.65. The van der Waals surface area contributed by atoms with Gasteiger partial charge in [-0.25, -0.2) is 4.98 Å². The van der Waals surface area contributed by atoms with Crippen LogP contribution in [-0.2, 0) is 0 Å². The SMILES string of the molecule is CCOc1cc(N2CCC3CCC(C2)N3)nc(C)n1. The first kappa shape index (κ1) is 12.7. The smallest absolute Gasteiger partial charge is 0.218 e. The van der Waals surface area contributed by atoms with Crippen LogP contribution in [0.4, 0.5) is 5.82 Å². The summed E-state index contributed by atoms with van der Waals surface area (Å²) in [4.78, 5) is 11.3. The summed E-state index contributed by atoms with van der Waals surface area (Å²) in [5.41, 5.74) is 0. The minimum absolute atomic E-state index is 0.610. The Morgan fingerprint density at radius 2 is 2.16 bits per heavy atom. The van der Waals surface area contributed by atoms with E-state index in [1.807, 2.05) is 19.9 Å². The molecule has 0 saturated carbocycles. The fourth-order valence-electron chi connectivity index (χ4n) is 3.06. The molecule has 2 aliphatic rings. The Morgan fingerprint density at radius 3 is 3.00 bits per heavy atom. The number of anilines is 1. The number of aromatic nitrogens is 2. The maximum Gasteiger partial charge on any atom is 0.218 e. The molecule has 3 heterocycles. The van der Waals surface area contributed by atoms with Crippen LogP contribution in [0.1, 0.15) is 32.0 Å². The van der Waals surface area contributed by atoms with Crippen LogP contribution in [0.15, 0.2) is 6.07 Å². The summed E-state index contributed by atoms with van der Waals surface area (Å²) in [7, 11) is 0. The predicted octanol–water partition coefficient (Wildman–Crippen LogP) is 1.51. The summed E-state index contributed by atoms with van der Waals surface area (Å²) in [6, 6.07) is 3.28. The Hall–Kier alpha value is -1.36. The minimum atomic E-state index is 0.610. The number of nitrogens with one attached hydrogen (secondary N) is 1. The van der Waals surface area contributed by atoms with E-state index in [0.29, 0.717) is 24.6 Å². The first-order valence-corrected chi connectivity index (χ1v) is 7.24. The molecule has 3 rings (SSSR count). The van der Waals surface area contributed by atoms with E-state index in [0.717, 1.165) is 24.7 Å². The molecule has 5 heteroatoms. The van der Waals surface area contributed by atoms with Crippen molar-refractivity contribution in [1.29, 1.82) is 0 Å². The van der Waals surface area contributed by atoms with Crippen molar-refractivity contribution < 1.29 is 4.74 Å². The third kappa shape index (κ3) is 2.81. The predicted molar refractivity (Wildman–Crippen MR) is 74.7 cm³/mol. The standard InChI is InChI=1S/C14H22N4O/c1-3-19-14-8-13(15-10(2)16-14)18-7-6-11-4-5-12(9-18)17-11/h8,11-12,17H,3-7,9H2,1-2H3. The molecule has 0 spiro atoms. The second kappa shape index (κ2) is 5.33. The van der Waals surface area contributed by atoms with E-state index in [1.54, 1.807) is 0 Å². The highest BCUT2D eigenvalue weighted by Gasteiger charge is 2.29. The highest BCUT2D eigenvalue weighted by molar-refractivity contribution is 5.42. The van der Waals surface area contributed by atoms with Gasteiger partial charge in [-0.3, -0.25) is 0 Å². The quantitative estimate of drug-likeness (QED) is 0.895. The number of aryl methyl sites for hydroxylation is 1. The zero-order valence-corrected chi connectivity index (χ0v) is 11.7. The molecule has 2 saturated heterocycles. The summed E-state index contributed by atoms with van der Waals surface area (Å²) < 4.78 is 5.52. The molecule has 2 aliphatic heterocycles. The van der Waals surface area contributed by atoms with Crippen molar-refractivity contribution in [3.05, 3.63) is 11.9 Å². The van der Waals surface area contributed by atoms with Gasteiger partial charge in [-0.15, -0.1) is 0 Å². The topological polar surface area (TPSA) is 50.3 Å². The lowest BCUT2D eigenvalue weighted by atomic mass is 10.1. The van der Waals surface area contributed by atoms with Gasteiger partial charge in [0.15, 0.2) is 0 Å². The average Bonchev–Trinajstić information content (AvgIpc) is 2.68. The summed E-state index contributed by atoms with van der Waals surface area (Å²) >= 11 is 0. The van der Waals surface area contributed by atoms with Gasteiger partial charge in [0.1, 0.15) is 11.6 Å². The lowest BCUT2D eigenvalue weighted by molar-refractivity contribution is 0.325. The molecule has 2 bridgehead atoms. The second-order valence-corrected chi connectivity index (χ2v) is 5.42. The number of rotatable bonds is 3. The molecule has 0 aliphatic carbocycles. The van der Waals surface area contributed by atoms with Gasteiger partial charge in [-0.2, -0.15) is 4.98 Å². The van der Waals surface area contributed by atoms with Gasteiger partial charge in [0, 0.05) is 31.2 Å². The number of fused-ring (bicyclic) bond motifs is 2. The van der Waals surface area contributed by atoms with E-state index < -0.39 is 0 Å². The minimum Gasteiger partial charge on any atom is -0.478 e. The van der Waals surface area contributed by atoms with E-state index in [-0.39, 0.29) is 0 Å². The molecule has 1 aromatic rings. The van der Waals surface area contributed by atoms with Gasteiger partial charge >= 0.3 is 0 Å². The van der Waals surface area contributed by atoms with Crippen molar-refractivity contribution in [2.45, 2.75) is 45.2 Å². The maximum atomic E-state index is 5.52. The summed E-state index contributed by atoms with van der Waals surface area (Å²) in [6.07, 6.45) is 3.80. The van der Waals surface area contributed by atoms with Crippen LogP contribution in [0.3, 0.4) is 0 Å². The zero-order valence-electron chi connectivity index (χ0n) is 11.7. The van der Waals surface area contributed by atoms with E-state index >= 15 is 0 Å². The summed E-state index contributed by atoms with van der Waals surface area (Å²) in [5, 5.41) is 3.69. The van der Waals surface area contributed by atoms with E-state index in [9.17, 15) is 0 Å². The van der Waals surface area contributed by atoms with Crippen LogP contribution >= 0.6 is 0 Å². The second-order valence-electron chi connectivity index (χ2n) is 5.42. The Balaban J connectivity index is 1.80. The monoisotopic (exact) mass is 262 g/mol. The molecular formula is C14H22N4O. The summed E-state index contributed by atoms with van der Waals surface area (Å²) in [5.74, 6) is 2.47. The molecule has 2 unspecified atom stereocenters. The third-order valence-corrected chi connectivity index (χ3v) is 3.94. The molecular weight excluding hydrogens is 240 g/mol. The molecule has 104 valence electrons. The molecule has 1 N–H and O–H groups in total. The van der Waals surface area contributed by atoms with Gasteiger partial charge in [0.05, 0.1) is 6.61 Å². The average molecular weight is 262 g/mol. The van der Waals surface area contributed by atoms with Crippen molar-refractivity contribution in [3.63, 3.8) is 0 Å². The van der Waals surface area contributed by atoms with E-state index in [2.05, 4.69) is 20.2 Å². The fraction of sp³-hybridized carbons (Fsp3) is 0.714. The molecule has 19 heavy (non-hydrogen) atoms. The lowest BCUT2D eigenvalue weighted by Crippen LogP contribution is -2.35. The maximum absolute atomic E-state index is 5.52. The highest BCUT2D eigenvalue weighted by Crippen LogP contribution is 2.25. The Morgan fingerprint density at radius 1 is 1.32 bits per heavy atom. The van der Waals surface area contributed by atoms with Crippen LogP contribution in [-0.4, -0.2) is 41.7 Å². The van der Waals surface area contributed by atoms with Gasteiger partial charge in [-0.05, 0) is 33.1 Å². The Bertz CT molecular complexity index is 451. The Kier molecular flexibility index (Phi) is 3.55. The van der Waals surface area contributed by atoms with Gasteiger partial charge in [0.25, 0.3) is 0 Å². The molecule has 0 aromatic carbocycles. The number of hydrogen-bond acceptors (Lipinski definition) is 5. The highest BCUT2D eigenvalue weighted by atomic mass is 16.5. The van der Waals surface area contributed by atoms with Crippen molar-refractivity contribution in [1.82, 2.24) is 15.3 Å². The molecule has 0 amide bonds. The van der Waals surface area contributed by atoms with Crippen LogP contribution < -0.4 is 15.0 Å². The van der Waals surface area contributed by atoms with Crippen LogP contribution in [0.5, 0.6) is 5.88 Å². The molecule has 5 nitrogen and oxygen atoms in total. The number of ether oxygens (including phenoxy) is 1. The first-order chi connectivity index (χ1) is 9.24. The van der Waals surface area contributed by atoms with Crippen molar-refractivity contribution in [3.8, 4) is 5.88 Å². The third-order valence-electron chi connectivity index (χ3n) is 3.94. The first-order valence-electron chi connectivity index (χ1n) is 7.24. The van der Waals surface area contributed by atoms with Crippen LogP contribution in [0.25, 0.3) is 0 Å². The number of nitrogens with zero attached hydrogens (tertiary/aromatic N) is 3.